The summed E-state index contributed by atoms with van der Waals surface area (Å²) in [6, 6.07) is 4.26. The van der Waals surface area contributed by atoms with Crippen LogP contribution < -0.4 is 5.32 Å². The molecule has 1 N–H and O–H groups in total. The first-order valence-electron chi connectivity index (χ1n) is 6.29. The van der Waals surface area contributed by atoms with Crippen molar-refractivity contribution in [2.45, 2.75) is 30.6 Å². The lowest BCUT2D eigenvalue weighted by molar-refractivity contribution is -0.384. The zero-order chi connectivity index (χ0) is 14.7. The van der Waals surface area contributed by atoms with Crippen LogP contribution in [0.25, 0.3) is 0 Å². The molecule has 1 fully saturated rings. The Morgan fingerprint density at radius 1 is 1.50 bits per heavy atom. The van der Waals surface area contributed by atoms with Gasteiger partial charge < -0.3 is 5.32 Å². The largest absolute Gasteiger partial charge is 0.349 e. The Balaban J connectivity index is 2.06. The van der Waals surface area contributed by atoms with Gasteiger partial charge in [0.15, 0.2) is 0 Å². The number of thioether (sulfide) groups is 1. The molecule has 0 bridgehead atoms. The van der Waals surface area contributed by atoms with Gasteiger partial charge in [-0.3, -0.25) is 14.9 Å². The van der Waals surface area contributed by atoms with Crippen molar-refractivity contribution in [3.05, 3.63) is 38.9 Å². The number of nitro groups is 1. The molecule has 0 heterocycles. The van der Waals surface area contributed by atoms with Gasteiger partial charge in [-0.1, -0.05) is 11.6 Å². The van der Waals surface area contributed by atoms with Crippen molar-refractivity contribution in [3.63, 3.8) is 0 Å². The molecular formula is C13H15ClN2O3S. The van der Waals surface area contributed by atoms with Gasteiger partial charge in [-0.05, 0) is 37.7 Å². The minimum Gasteiger partial charge on any atom is -0.349 e. The molecule has 20 heavy (non-hydrogen) atoms. The second-order valence-corrected chi connectivity index (χ2v) is 6.31. The number of rotatable bonds is 4. The van der Waals surface area contributed by atoms with Crippen LogP contribution in [-0.4, -0.2) is 28.4 Å². The molecule has 2 rings (SSSR count). The van der Waals surface area contributed by atoms with E-state index in [1.807, 2.05) is 11.8 Å². The Morgan fingerprint density at radius 2 is 2.25 bits per heavy atom. The van der Waals surface area contributed by atoms with E-state index in [9.17, 15) is 14.9 Å². The number of carbonyl (C=O) groups excluding carboxylic acids is 1. The number of hydrogen-bond donors (Lipinski definition) is 1. The topological polar surface area (TPSA) is 72.2 Å². The summed E-state index contributed by atoms with van der Waals surface area (Å²) < 4.78 is 0. The molecule has 0 aliphatic heterocycles. The number of nitrogens with one attached hydrogen (secondary N) is 1. The number of carbonyl (C=O) groups is 1. The number of halogens is 1. The maximum atomic E-state index is 12.1. The first kappa shape index (κ1) is 15.1. The molecule has 2 atom stereocenters. The van der Waals surface area contributed by atoms with Crippen LogP contribution in [0.1, 0.15) is 29.6 Å². The summed E-state index contributed by atoms with van der Waals surface area (Å²) in [6.07, 6.45) is 5.06. The van der Waals surface area contributed by atoms with E-state index in [1.54, 1.807) is 0 Å². The van der Waals surface area contributed by atoms with E-state index < -0.39 is 4.92 Å². The Morgan fingerprint density at radius 3 is 2.85 bits per heavy atom. The molecule has 7 heteroatoms. The lowest BCUT2D eigenvalue weighted by Crippen LogP contribution is -2.33. The van der Waals surface area contributed by atoms with E-state index >= 15 is 0 Å². The molecule has 1 aromatic rings. The van der Waals surface area contributed by atoms with Crippen molar-refractivity contribution >= 4 is 35.0 Å². The third-order valence-corrected chi connectivity index (χ3v) is 4.87. The number of hydrogen-bond acceptors (Lipinski definition) is 4. The highest BCUT2D eigenvalue weighted by atomic mass is 35.5. The number of nitro benzene ring substituents is 1. The van der Waals surface area contributed by atoms with Crippen molar-refractivity contribution in [2.24, 2.45) is 0 Å². The Labute approximate surface area is 126 Å². The Bertz CT molecular complexity index is 538. The molecule has 0 aromatic heterocycles. The van der Waals surface area contributed by atoms with E-state index in [0.29, 0.717) is 5.25 Å². The molecule has 2 unspecified atom stereocenters. The smallest absolute Gasteiger partial charge is 0.288 e. The molecule has 108 valence electrons. The van der Waals surface area contributed by atoms with E-state index in [1.165, 1.54) is 18.2 Å². The number of nitrogens with zero attached hydrogens (tertiary/aromatic N) is 1. The summed E-state index contributed by atoms with van der Waals surface area (Å²) in [6.45, 7) is 0. The van der Waals surface area contributed by atoms with Gasteiger partial charge in [-0.15, -0.1) is 0 Å². The van der Waals surface area contributed by atoms with Gasteiger partial charge in [0.1, 0.15) is 5.02 Å². The van der Waals surface area contributed by atoms with Crippen LogP contribution in [0.3, 0.4) is 0 Å². The van der Waals surface area contributed by atoms with Crippen LogP contribution in [0.2, 0.25) is 5.02 Å². The normalized spacial score (nSPS) is 21.7. The van der Waals surface area contributed by atoms with Crippen molar-refractivity contribution < 1.29 is 9.72 Å². The monoisotopic (exact) mass is 314 g/mol. The van der Waals surface area contributed by atoms with Crippen molar-refractivity contribution in [1.82, 2.24) is 5.32 Å². The van der Waals surface area contributed by atoms with Gasteiger partial charge in [-0.25, -0.2) is 0 Å². The highest BCUT2D eigenvalue weighted by molar-refractivity contribution is 7.99. The summed E-state index contributed by atoms with van der Waals surface area (Å²) in [5.74, 6) is -0.281. The highest BCUT2D eigenvalue weighted by Crippen LogP contribution is 2.29. The van der Waals surface area contributed by atoms with Gasteiger partial charge in [0, 0.05) is 22.9 Å². The summed E-state index contributed by atoms with van der Waals surface area (Å²) >= 11 is 7.54. The third kappa shape index (κ3) is 3.43. The summed E-state index contributed by atoms with van der Waals surface area (Å²) in [4.78, 5) is 22.3. The summed E-state index contributed by atoms with van der Waals surface area (Å²) in [5, 5.41) is 14.4. The van der Waals surface area contributed by atoms with Crippen LogP contribution in [0.5, 0.6) is 0 Å². The summed E-state index contributed by atoms with van der Waals surface area (Å²) in [7, 11) is 0. The molecule has 5 nitrogen and oxygen atoms in total. The molecular weight excluding hydrogens is 300 g/mol. The predicted octanol–water partition coefficient (Wildman–Crippen LogP) is 3.26. The quantitative estimate of drug-likeness (QED) is 0.684. The molecule has 0 spiro atoms. The van der Waals surface area contributed by atoms with Crippen LogP contribution in [0.15, 0.2) is 18.2 Å². The minimum absolute atomic E-state index is 0.0369. The van der Waals surface area contributed by atoms with E-state index in [-0.39, 0.29) is 28.2 Å². The highest BCUT2D eigenvalue weighted by Gasteiger charge is 2.26. The van der Waals surface area contributed by atoms with Crippen molar-refractivity contribution in [1.29, 1.82) is 0 Å². The maximum absolute atomic E-state index is 12.1. The fraction of sp³-hybridized carbons (Fsp3) is 0.462. The second kappa shape index (κ2) is 6.45. The summed E-state index contributed by atoms with van der Waals surface area (Å²) in [5.41, 5.74) is 0.0291. The van der Waals surface area contributed by atoms with Crippen LogP contribution in [0.4, 0.5) is 5.69 Å². The fourth-order valence-corrected chi connectivity index (χ4v) is 3.33. The molecule has 0 radical (unpaired) electrons. The van der Waals surface area contributed by atoms with Crippen molar-refractivity contribution in [2.75, 3.05) is 6.26 Å². The van der Waals surface area contributed by atoms with Crippen LogP contribution in [-0.2, 0) is 0 Å². The lowest BCUT2D eigenvalue weighted by atomic mass is 10.1. The van der Waals surface area contributed by atoms with E-state index in [2.05, 4.69) is 11.6 Å². The van der Waals surface area contributed by atoms with Crippen LogP contribution in [0, 0.1) is 10.1 Å². The SMILES string of the molecule is CSC1CCC(NC(=O)c2ccc(Cl)c([N+](=O)[O-])c2)C1. The van der Waals surface area contributed by atoms with Gasteiger partial charge >= 0.3 is 0 Å². The maximum Gasteiger partial charge on any atom is 0.288 e. The molecule has 1 saturated carbocycles. The van der Waals surface area contributed by atoms with Gasteiger partial charge in [-0.2, -0.15) is 11.8 Å². The first-order valence-corrected chi connectivity index (χ1v) is 7.95. The second-order valence-electron chi connectivity index (χ2n) is 4.76. The molecule has 1 aromatic carbocycles. The van der Waals surface area contributed by atoms with Gasteiger partial charge in [0.25, 0.3) is 11.6 Å². The molecule has 1 aliphatic rings. The average molecular weight is 315 g/mol. The zero-order valence-electron chi connectivity index (χ0n) is 11.0. The standard InChI is InChI=1S/C13H15ClN2O3S/c1-20-10-4-3-9(7-10)15-13(17)8-2-5-11(14)12(6-8)16(18)19/h2,5-6,9-10H,3-4,7H2,1H3,(H,15,17). The molecule has 1 amide bonds. The van der Waals surface area contributed by atoms with E-state index in [0.717, 1.165) is 19.3 Å². The number of benzene rings is 1. The average Bonchev–Trinajstić information content (AvgIpc) is 2.86. The molecule has 1 aliphatic carbocycles. The fourth-order valence-electron chi connectivity index (χ4n) is 2.35. The van der Waals surface area contributed by atoms with Crippen molar-refractivity contribution in [3.8, 4) is 0 Å². The van der Waals surface area contributed by atoms with E-state index in [4.69, 9.17) is 11.6 Å². The number of amides is 1. The van der Waals surface area contributed by atoms with Crippen LogP contribution >= 0.6 is 23.4 Å². The molecule has 0 saturated heterocycles. The zero-order valence-corrected chi connectivity index (χ0v) is 12.5. The third-order valence-electron chi connectivity index (χ3n) is 3.46. The van der Waals surface area contributed by atoms with Gasteiger partial charge in [0.2, 0.25) is 0 Å². The minimum atomic E-state index is -0.585. The predicted molar refractivity (Wildman–Crippen MR) is 80.5 cm³/mol. The Hall–Kier alpha value is -1.27. The Kier molecular flexibility index (Phi) is 4.88. The van der Waals surface area contributed by atoms with Gasteiger partial charge in [0.05, 0.1) is 4.92 Å². The first-order chi connectivity index (χ1) is 9.51. The lowest BCUT2D eigenvalue weighted by Gasteiger charge is -2.12.